The molecule has 0 saturated carbocycles. The van der Waals surface area contributed by atoms with E-state index < -0.39 is 0 Å². The summed E-state index contributed by atoms with van der Waals surface area (Å²) in [5, 5.41) is 0. The van der Waals surface area contributed by atoms with Crippen molar-refractivity contribution in [2.75, 3.05) is 52.0 Å². The number of anilines is 1. The lowest BCUT2D eigenvalue weighted by molar-refractivity contribution is 0.00882. The molecule has 5 heteroatoms. The largest absolute Gasteiger partial charge is 0.489 e. The molecule has 0 saturated heterocycles. The van der Waals surface area contributed by atoms with Gasteiger partial charge in [0.25, 0.3) is 0 Å². The SMILES string of the molecule is CCCCCCCCCCOCCOCCOCCOc1ccccc1N. The highest BCUT2D eigenvalue weighted by Gasteiger charge is 1.98. The van der Waals surface area contributed by atoms with Crippen LogP contribution in [-0.4, -0.2) is 46.2 Å². The standard InChI is InChI=1S/C22H39NO4/c1-2-3-4-5-6-7-8-11-14-24-15-16-25-17-18-26-19-20-27-22-13-10-9-12-21(22)23/h9-10,12-13H,2-8,11,14-20,23H2,1H3. The molecular formula is C22H39NO4. The minimum absolute atomic E-state index is 0.482. The maximum atomic E-state index is 5.80. The van der Waals surface area contributed by atoms with Gasteiger partial charge in [-0.05, 0) is 18.6 Å². The lowest BCUT2D eigenvalue weighted by Gasteiger charge is -2.09. The van der Waals surface area contributed by atoms with Gasteiger partial charge in [0.15, 0.2) is 0 Å². The van der Waals surface area contributed by atoms with Crippen LogP contribution in [0.25, 0.3) is 0 Å². The predicted octanol–water partition coefficient (Wildman–Crippen LogP) is 4.84. The van der Waals surface area contributed by atoms with Crippen LogP contribution in [0.1, 0.15) is 58.3 Å². The van der Waals surface area contributed by atoms with Crippen LogP contribution in [0.15, 0.2) is 24.3 Å². The van der Waals surface area contributed by atoms with Gasteiger partial charge in [-0.3, -0.25) is 0 Å². The fourth-order valence-electron chi connectivity index (χ4n) is 2.70. The van der Waals surface area contributed by atoms with Gasteiger partial charge in [-0.15, -0.1) is 0 Å². The fraction of sp³-hybridized carbons (Fsp3) is 0.727. The molecule has 1 aromatic rings. The van der Waals surface area contributed by atoms with Crippen molar-refractivity contribution in [1.29, 1.82) is 0 Å². The Labute approximate surface area is 165 Å². The minimum Gasteiger partial charge on any atom is -0.489 e. The molecule has 0 heterocycles. The van der Waals surface area contributed by atoms with Crippen molar-refractivity contribution in [1.82, 2.24) is 0 Å². The zero-order chi connectivity index (χ0) is 19.4. The number of hydrogen-bond donors (Lipinski definition) is 1. The molecule has 1 rings (SSSR count). The van der Waals surface area contributed by atoms with Gasteiger partial charge in [0.05, 0.1) is 38.7 Å². The Morgan fingerprint density at radius 3 is 1.78 bits per heavy atom. The van der Waals surface area contributed by atoms with Crippen LogP contribution in [0.3, 0.4) is 0 Å². The molecule has 0 spiro atoms. The monoisotopic (exact) mass is 381 g/mol. The van der Waals surface area contributed by atoms with Gasteiger partial charge in [0.2, 0.25) is 0 Å². The van der Waals surface area contributed by atoms with E-state index in [4.69, 9.17) is 24.7 Å². The molecule has 0 aliphatic carbocycles. The lowest BCUT2D eigenvalue weighted by Crippen LogP contribution is -2.13. The predicted molar refractivity (Wildman–Crippen MR) is 111 cm³/mol. The number of nitrogen functional groups attached to an aromatic ring is 1. The third kappa shape index (κ3) is 14.4. The first-order valence-corrected chi connectivity index (χ1v) is 10.5. The summed E-state index contributed by atoms with van der Waals surface area (Å²) < 4.78 is 22.1. The zero-order valence-corrected chi connectivity index (χ0v) is 17.1. The Hall–Kier alpha value is -1.30. The summed E-state index contributed by atoms with van der Waals surface area (Å²) >= 11 is 0. The van der Waals surface area contributed by atoms with Crippen LogP contribution in [0.2, 0.25) is 0 Å². The summed E-state index contributed by atoms with van der Waals surface area (Å²) in [5.41, 5.74) is 6.45. The van der Waals surface area contributed by atoms with Crippen molar-refractivity contribution in [2.45, 2.75) is 58.3 Å². The van der Waals surface area contributed by atoms with Crippen molar-refractivity contribution in [3.05, 3.63) is 24.3 Å². The second-order valence-corrected chi connectivity index (χ2v) is 6.70. The first-order chi connectivity index (χ1) is 13.3. The van der Waals surface area contributed by atoms with E-state index >= 15 is 0 Å². The van der Waals surface area contributed by atoms with Crippen LogP contribution in [-0.2, 0) is 14.2 Å². The van der Waals surface area contributed by atoms with Gasteiger partial charge in [0.1, 0.15) is 12.4 Å². The molecule has 0 bridgehead atoms. The molecule has 0 atom stereocenters. The number of unbranched alkanes of at least 4 members (excludes halogenated alkanes) is 7. The van der Waals surface area contributed by atoms with E-state index in [-0.39, 0.29) is 0 Å². The normalized spacial score (nSPS) is 11.0. The minimum atomic E-state index is 0.482. The van der Waals surface area contributed by atoms with Gasteiger partial charge in [-0.1, -0.05) is 64.0 Å². The van der Waals surface area contributed by atoms with E-state index in [2.05, 4.69) is 6.92 Å². The van der Waals surface area contributed by atoms with Crippen LogP contribution >= 0.6 is 0 Å². The second kappa shape index (κ2) is 18.1. The second-order valence-electron chi connectivity index (χ2n) is 6.70. The number of rotatable bonds is 19. The number of para-hydroxylation sites is 2. The molecule has 27 heavy (non-hydrogen) atoms. The molecule has 0 aromatic heterocycles. The third-order valence-electron chi connectivity index (χ3n) is 4.29. The molecule has 0 aliphatic rings. The Morgan fingerprint density at radius 1 is 0.630 bits per heavy atom. The van der Waals surface area contributed by atoms with Crippen molar-refractivity contribution < 1.29 is 18.9 Å². The van der Waals surface area contributed by atoms with E-state index in [9.17, 15) is 0 Å². The number of benzene rings is 1. The summed E-state index contributed by atoms with van der Waals surface area (Å²) in [5.74, 6) is 0.700. The van der Waals surface area contributed by atoms with E-state index in [0.717, 1.165) is 13.0 Å². The van der Waals surface area contributed by atoms with Crippen LogP contribution in [0.5, 0.6) is 5.75 Å². The summed E-state index contributed by atoms with van der Waals surface area (Å²) in [6, 6.07) is 7.46. The molecule has 0 amide bonds. The molecule has 0 radical (unpaired) electrons. The van der Waals surface area contributed by atoms with E-state index in [0.29, 0.717) is 51.1 Å². The number of hydrogen-bond acceptors (Lipinski definition) is 5. The van der Waals surface area contributed by atoms with Crippen LogP contribution < -0.4 is 10.5 Å². The number of nitrogens with two attached hydrogens (primary N) is 1. The smallest absolute Gasteiger partial charge is 0.142 e. The Bertz CT molecular complexity index is 442. The molecule has 156 valence electrons. The zero-order valence-electron chi connectivity index (χ0n) is 17.1. The summed E-state index contributed by atoms with van der Waals surface area (Å²) in [6.45, 7) is 6.52. The average molecular weight is 382 g/mol. The molecule has 1 aromatic carbocycles. The fourth-order valence-corrected chi connectivity index (χ4v) is 2.70. The highest BCUT2D eigenvalue weighted by molar-refractivity contribution is 5.51. The maximum absolute atomic E-state index is 5.80. The van der Waals surface area contributed by atoms with Gasteiger partial charge in [-0.25, -0.2) is 0 Å². The average Bonchev–Trinajstić information content (AvgIpc) is 2.68. The van der Waals surface area contributed by atoms with Gasteiger partial charge < -0.3 is 24.7 Å². The number of ether oxygens (including phenoxy) is 4. The maximum Gasteiger partial charge on any atom is 0.142 e. The quantitative estimate of drug-likeness (QED) is 0.274. The van der Waals surface area contributed by atoms with E-state index in [1.165, 1.54) is 44.9 Å². The van der Waals surface area contributed by atoms with Crippen LogP contribution in [0, 0.1) is 0 Å². The Kier molecular flexibility index (Phi) is 15.9. The molecule has 5 nitrogen and oxygen atoms in total. The van der Waals surface area contributed by atoms with Crippen LogP contribution in [0.4, 0.5) is 5.69 Å². The first-order valence-electron chi connectivity index (χ1n) is 10.5. The summed E-state index contributed by atoms with van der Waals surface area (Å²) in [6.07, 6.45) is 10.6. The topological polar surface area (TPSA) is 62.9 Å². The van der Waals surface area contributed by atoms with Crippen molar-refractivity contribution in [3.8, 4) is 5.75 Å². The van der Waals surface area contributed by atoms with E-state index in [1.54, 1.807) is 0 Å². The first kappa shape index (κ1) is 23.7. The molecular weight excluding hydrogens is 342 g/mol. The van der Waals surface area contributed by atoms with Gasteiger partial charge >= 0.3 is 0 Å². The lowest BCUT2D eigenvalue weighted by atomic mass is 10.1. The van der Waals surface area contributed by atoms with Gasteiger partial charge in [0, 0.05) is 6.61 Å². The Morgan fingerprint density at radius 2 is 1.15 bits per heavy atom. The van der Waals surface area contributed by atoms with Crippen molar-refractivity contribution >= 4 is 5.69 Å². The highest BCUT2D eigenvalue weighted by atomic mass is 16.6. The van der Waals surface area contributed by atoms with E-state index in [1.807, 2.05) is 24.3 Å². The Balaban J connectivity index is 1.73. The van der Waals surface area contributed by atoms with Gasteiger partial charge in [-0.2, -0.15) is 0 Å². The molecule has 0 unspecified atom stereocenters. The highest BCUT2D eigenvalue weighted by Crippen LogP contribution is 2.19. The summed E-state index contributed by atoms with van der Waals surface area (Å²) in [4.78, 5) is 0. The molecule has 2 N–H and O–H groups in total. The summed E-state index contributed by atoms with van der Waals surface area (Å²) in [7, 11) is 0. The van der Waals surface area contributed by atoms with Crippen molar-refractivity contribution in [2.24, 2.45) is 0 Å². The molecule has 0 aliphatic heterocycles. The van der Waals surface area contributed by atoms with Crippen molar-refractivity contribution in [3.63, 3.8) is 0 Å². The molecule has 0 fully saturated rings. The third-order valence-corrected chi connectivity index (χ3v) is 4.29.